The van der Waals surface area contributed by atoms with Gasteiger partial charge in [0.1, 0.15) is 11.3 Å². The van der Waals surface area contributed by atoms with Crippen molar-refractivity contribution in [2.45, 2.75) is 19.5 Å². The van der Waals surface area contributed by atoms with Crippen LogP contribution in [-0.2, 0) is 6.18 Å². The van der Waals surface area contributed by atoms with Crippen LogP contribution in [0.3, 0.4) is 0 Å². The summed E-state index contributed by atoms with van der Waals surface area (Å²) in [6.07, 6.45) is -2.89. The largest absolute Gasteiger partial charge is 0.494 e. The highest BCUT2D eigenvalue weighted by molar-refractivity contribution is 5.66. The molecule has 0 aliphatic carbocycles. The fourth-order valence-electron chi connectivity index (χ4n) is 2.86. The van der Waals surface area contributed by atoms with Crippen LogP contribution in [0.25, 0.3) is 0 Å². The van der Waals surface area contributed by atoms with E-state index in [4.69, 9.17) is 4.74 Å². The van der Waals surface area contributed by atoms with E-state index in [0.29, 0.717) is 18.0 Å². The summed E-state index contributed by atoms with van der Waals surface area (Å²) in [5, 5.41) is 0. The number of rotatable bonds is 7. The molecule has 0 unspecified atom stereocenters. The van der Waals surface area contributed by atoms with E-state index in [-0.39, 0.29) is 11.8 Å². The number of halogens is 3. The van der Waals surface area contributed by atoms with Crippen molar-refractivity contribution in [3.63, 3.8) is 0 Å². The van der Waals surface area contributed by atoms with Crippen LogP contribution in [0.1, 0.15) is 18.9 Å². The second kappa shape index (κ2) is 9.02. The highest BCUT2D eigenvalue weighted by Gasteiger charge is 2.37. The molecule has 158 valence electrons. The summed E-state index contributed by atoms with van der Waals surface area (Å²) in [6, 6.07) is 16.1. The predicted molar refractivity (Wildman–Crippen MR) is 112 cm³/mol. The van der Waals surface area contributed by atoms with E-state index in [1.807, 2.05) is 37.3 Å². The molecule has 3 aromatic rings. The second-order valence-corrected chi connectivity index (χ2v) is 6.70. The predicted octanol–water partition coefficient (Wildman–Crippen LogP) is 5.82. The first kappa shape index (κ1) is 21.4. The van der Waals surface area contributed by atoms with E-state index in [9.17, 15) is 13.2 Å². The molecule has 0 fully saturated rings. The van der Waals surface area contributed by atoms with E-state index < -0.39 is 11.7 Å². The molecule has 0 radical (unpaired) electrons. The quantitative estimate of drug-likeness (QED) is 0.485. The molecule has 0 aliphatic rings. The lowest BCUT2D eigenvalue weighted by Gasteiger charge is -2.25. The summed E-state index contributed by atoms with van der Waals surface area (Å²) in [6.45, 7) is 2.58. The molecule has 3 rings (SSSR count). The molecule has 0 atom stereocenters. The van der Waals surface area contributed by atoms with Crippen molar-refractivity contribution in [3.8, 4) is 5.75 Å². The van der Waals surface area contributed by atoms with Crippen molar-refractivity contribution in [2.24, 2.45) is 0 Å². The maximum Gasteiger partial charge on any atom is 0.421 e. The average molecular weight is 416 g/mol. The highest BCUT2D eigenvalue weighted by atomic mass is 19.4. The number of ether oxygens (including phenoxy) is 1. The Morgan fingerprint density at radius 2 is 1.53 bits per heavy atom. The molecule has 0 spiro atoms. The summed E-state index contributed by atoms with van der Waals surface area (Å²) in [5.74, 6) is 0.605. The molecular formula is C22H23F3N4O. The third kappa shape index (κ3) is 4.82. The molecule has 0 bridgehead atoms. The summed E-state index contributed by atoms with van der Waals surface area (Å²) in [7, 11) is 3.26. The number of benzene rings is 2. The van der Waals surface area contributed by atoms with E-state index >= 15 is 0 Å². The van der Waals surface area contributed by atoms with Crippen LogP contribution in [0, 0.1) is 0 Å². The van der Waals surface area contributed by atoms with Gasteiger partial charge < -0.3 is 14.5 Å². The summed E-state index contributed by atoms with van der Waals surface area (Å²) < 4.78 is 46.5. The van der Waals surface area contributed by atoms with Crippen molar-refractivity contribution in [2.75, 3.05) is 30.5 Å². The van der Waals surface area contributed by atoms with Crippen LogP contribution in [0.4, 0.5) is 36.3 Å². The highest BCUT2D eigenvalue weighted by Crippen LogP contribution is 2.38. The van der Waals surface area contributed by atoms with Gasteiger partial charge in [0.25, 0.3) is 0 Å². The Hall–Kier alpha value is -3.29. The van der Waals surface area contributed by atoms with Crippen LogP contribution in [0.15, 0.2) is 60.8 Å². The standard InChI is InChI=1S/C22H23F3N4O/c1-4-14-30-18-12-10-17(11-13-18)28(2)20-19(22(23,24)25)15-26-21(27-20)29(3)16-8-6-5-7-9-16/h5-13,15H,4,14H2,1-3H3. The molecular weight excluding hydrogens is 393 g/mol. The zero-order valence-corrected chi connectivity index (χ0v) is 17.0. The lowest BCUT2D eigenvalue weighted by Crippen LogP contribution is -2.21. The van der Waals surface area contributed by atoms with Crippen LogP contribution in [0.5, 0.6) is 5.75 Å². The minimum Gasteiger partial charge on any atom is -0.494 e. The van der Waals surface area contributed by atoms with Gasteiger partial charge >= 0.3 is 6.18 Å². The first-order chi connectivity index (χ1) is 14.3. The monoisotopic (exact) mass is 416 g/mol. The zero-order chi connectivity index (χ0) is 21.7. The van der Waals surface area contributed by atoms with Crippen LogP contribution in [0.2, 0.25) is 0 Å². The van der Waals surface area contributed by atoms with E-state index in [1.54, 1.807) is 43.3 Å². The van der Waals surface area contributed by atoms with Crippen LogP contribution >= 0.6 is 0 Å². The maximum absolute atomic E-state index is 13.6. The first-order valence-corrected chi connectivity index (χ1v) is 9.51. The molecule has 0 saturated carbocycles. The van der Waals surface area contributed by atoms with Gasteiger partial charge in [-0.15, -0.1) is 0 Å². The van der Waals surface area contributed by atoms with Crippen molar-refractivity contribution in [1.29, 1.82) is 0 Å². The van der Waals surface area contributed by atoms with Gasteiger partial charge in [-0.3, -0.25) is 0 Å². The molecule has 1 aromatic heterocycles. The molecule has 5 nitrogen and oxygen atoms in total. The number of hydrogen-bond donors (Lipinski definition) is 0. The fraction of sp³-hybridized carbons (Fsp3) is 0.273. The Balaban J connectivity index is 1.98. The smallest absolute Gasteiger partial charge is 0.421 e. The molecule has 0 aliphatic heterocycles. The Morgan fingerprint density at radius 1 is 0.900 bits per heavy atom. The first-order valence-electron chi connectivity index (χ1n) is 9.51. The number of nitrogens with zero attached hydrogens (tertiary/aromatic N) is 4. The number of aromatic nitrogens is 2. The van der Waals surface area contributed by atoms with Gasteiger partial charge in [0.2, 0.25) is 5.95 Å². The van der Waals surface area contributed by atoms with Gasteiger partial charge in [0.15, 0.2) is 5.82 Å². The summed E-state index contributed by atoms with van der Waals surface area (Å²) in [5.41, 5.74) is 0.418. The van der Waals surface area contributed by atoms with Gasteiger partial charge in [-0.05, 0) is 42.8 Å². The molecule has 0 N–H and O–H groups in total. The molecule has 30 heavy (non-hydrogen) atoms. The number of alkyl halides is 3. The summed E-state index contributed by atoms with van der Waals surface area (Å²) >= 11 is 0. The average Bonchev–Trinajstić information content (AvgIpc) is 2.76. The van der Waals surface area contributed by atoms with E-state index in [2.05, 4.69) is 9.97 Å². The van der Waals surface area contributed by atoms with Gasteiger partial charge in [-0.2, -0.15) is 18.2 Å². The Kier molecular flexibility index (Phi) is 6.44. The normalized spacial score (nSPS) is 11.3. The van der Waals surface area contributed by atoms with Crippen molar-refractivity contribution < 1.29 is 17.9 Å². The lowest BCUT2D eigenvalue weighted by atomic mass is 10.2. The third-order valence-electron chi connectivity index (χ3n) is 4.52. The van der Waals surface area contributed by atoms with Gasteiger partial charge in [0, 0.05) is 31.7 Å². The zero-order valence-electron chi connectivity index (χ0n) is 17.0. The number of anilines is 4. The van der Waals surface area contributed by atoms with Crippen molar-refractivity contribution in [1.82, 2.24) is 9.97 Å². The van der Waals surface area contributed by atoms with E-state index in [0.717, 1.165) is 18.3 Å². The van der Waals surface area contributed by atoms with Crippen LogP contribution < -0.4 is 14.5 Å². The SMILES string of the molecule is CCCOc1ccc(N(C)c2nc(N(C)c3ccccc3)ncc2C(F)(F)F)cc1. The second-order valence-electron chi connectivity index (χ2n) is 6.70. The minimum atomic E-state index is -4.59. The molecule has 0 amide bonds. The minimum absolute atomic E-state index is 0.166. The molecule has 1 heterocycles. The lowest BCUT2D eigenvalue weighted by molar-refractivity contribution is -0.137. The topological polar surface area (TPSA) is 41.5 Å². The molecule has 8 heteroatoms. The van der Waals surface area contributed by atoms with Crippen LogP contribution in [-0.4, -0.2) is 30.7 Å². The van der Waals surface area contributed by atoms with Gasteiger partial charge in [-0.1, -0.05) is 25.1 Å². The molecule has 0 saturated heterocycles. The third-order valence-corrected chi connectivity index (χ3v) is 4.52. The van der Waals surface area contributed by atoms with Crippen molar-refractivity contribution >= 4 is 23.1 Å². The number of hydrogen-bond acceptors (Lipinski definition) is 5. The Bertz CT molecular complexity index is 962. The van der Waals surface area contributed by atoms with Crippen molar-refractivity contribution in [3.05, 3.63) is 66.4 Å². The number of para-hydroxylation sites is 1. The maximum atomic E-state index is 13.6. The Morgan fingerprint density at radius 3 is 2.13 bits per heavy atom. The molecule has 2 aromatic carbocycles. The summed E-state index contributed by atoms with van der Waals surface area (Å²) in [4.78, 5) is 11.2. The van der Waals surface area contributed by atoms with E-state index in [1.165, 1.54) is 4.90 Å². The fourth-order valence-corrected chi connectivity index (χ4v) is 2.86. The van der Waals surface area contributed by atoms with Gasteiger partial charge in [-0.25, -0.2) is 4.98 Å². The Labute approximate surface area is 173 Å². The van der Waals surface area contributed by atoms with Gasteiger partial charge in [0.05, 0.1) is 6.61 Å².